The van der Waals surface area contributed by atoms with Crippen molar-refractivity contribution in [3.05, 3.63) is 83.5 Å². The molecule has 0 atom stereocenters. The number of carbonyl (C=O) groups excluding carboxylic acids is 2. The third-order valence-corrected chi connectivity index (χ3v) is 5.12. The number of carbonyl (C=O) groups is 2. The van der Waals surface area contributed by atoms with Crippen molar-refractivity contribution in [2.24, 2.45) is 0 Å². The van der Waals surface area contributed by atoms with Gasteiger partial charge in [-0.25, -0.2) is 9.67 Å². The van der Waals surface area contributed by atoms with Crippen molar-refractivity contribution in [3.63, 3.8) is 0 Å². The van der Waals surface area contributed by atoms with E-state index in [0.717, 1.165) is 16.1 Å². The second kappa shape index (κ2) is 8.71. The first kappa shape index (κ1) is 19.5. The molecule has 4 rings (SSSR count). The van der Waals surface area contributed by atoms with Crippen LogP contribution in [-0.4, -0.2) is 26.6 Å². The van der Waals surface area contributed by atoms with Gasteiger partial charge in [-0.15, -0.1) is 16.4 Å². The number of anilines is 1. The lowest BCUT2D eigenvalue weighted by atomic mass is 10.2. The highest BCUT2D eigenvalue weighted by Gasteiger charge is 2.19. The first-order valence-corrected chi connectivity index (χ1v) is 10.2. The molecule has 0 aliphatic rings. The highest BCUT2D eigenvalue weighted by Crippen LogP contribution is 2.25. The van der Waals surface area contributed by atoms with Gasteiger partial charge in [-0.2, -0.15) is 0 Å². The summed E-state index contributed by atoms with van der Waals surface area (Å²) in [5.74, 6) is 0.203. The standard InChI is InChI=1S/C22H19N5O2S/c1-15(28)24-17-8-5-7-16(13-17)14-23-22(29)20-25-21(19-11-6-12-30-19)27(26-20)18-9-3-2-4-10-18/h2-13H,14H2,1H3,(H,23,29)(H,24,28). The van der Waals surface area contributed by atoms with E-state index in [1.54, 1.807) is 10.7 Å². The van der Waals surface area contributed by atoms with Crippen molar-refractivity contribution in [1.29, 1.82) is 0 Å². The molecule has 2 aromatic carbocycles. The molecule has 2 heterocycles. The Morgan fingerprint density at radius 3 is 2.60 bits per heavy atom. The second-order valence-electron chi connectivity index (χ2n) is 6.55. The van der Waals surface area contributed by atoms with Crippen LogP contribution in [-0.2, 0) is 11.3 Å². The van der Waals surface area contributed by atoms with Crippen LogP contribution >= 0.6 is 11.3 Å². The van der Waals surface area contributed by atoms with Crippen LogP contribution in [0.1, 0.15) is 23.1 Å². The molecular weight excluding hydrogens is 398 g/mol. The van der Waals surface area contributed by atoms with E-state index in [-0.39, 0.29) is 17.6 Å². The molecule has 2 N–H and O–H groups in total. The Morgan fingerprint density at radius 2 is 1.87 bits per heavy atom. The summed E-state index contributed by atoms with van der Waals surface area (Å²) < 4.78 is 1.68. The largest absolute Gasteiger partial charge is 0.345 e. The number of benzene rings is 2. The van der Waals surface area contributed by atoms with Crippen LogP contribution in [0.5, 0.6) is 0 Å². The molecule has 2 aromatic heterocycles. The Morgan fingerprint density at radius 1 is 1.03 bits per heavy atom. The maximum absolute atomic E-state index is 12.7. The summed E-state index contributed by atoms with van der Waals surface area (Å²) in [7, 11) is 0. The number of thiophene rings is 1. The van der Waals surface area contributed by atoms with Crippen LogP contribution in [0, 0.1) is 0 Å². The number of nitrogens with one attached hydrogen (secondary N) is 2. The zero-order valence-electron chi connectivity index (χ0n) is 16.2. The molecule has 0 saturated carbocycles. The van der Waals surface area contributed by atoms with Gasteiger partial charge in [0.25, 0.3) is 5.91 Å². The number of hydrogen-bond donors (Lipinski definition) is 2. The topological polar surface area (TPSA) is 88.9 Å². The molecule has 0 spiro atoms. The minimum absolute atomic E-state index is 0.0975. The quantitative estimate of drug-likeness (QED) is 0.498. The number of rotatable bonds is 6. The van der Waals surface area contributed by atoms with E-state index in [9.17, 15) is 9.59 Å². The molecule has 7 nitrogen and oxygen atoms in total. The van der Waals surface area contributed by atoms with Crippen molar-refractivity contribution >= 4 is 28.8 Å². The lowest BCUT2D eigenvalue weighted by Gasteiger charge is -2.06. The summed E-state index contributed by atoms with van der Waals surface area (Å²) in [6.07, 6.45) is 0. The van der Waals surface area contributed by atoms with E-state index in [2.05, 4.69) is 20.7 Å². The van der Waals surface area contributed by atoms with E-state index >= 15 is 0 Å². The van der Waals surface area contributed by atoms with Gasteiger partial charge in [0.05, 0.1) is 10.6 Å². The molecular formula is C22H19N5O2S. The molecule has 0 bridgehead atoms. The van der Waals surface area contributed by atoms with Crippen LogP contribution in [0.4, 0.5) is 5.69 Å². The van der Waals surface area contributed by atoms with Gasteiger partial charge in [0.15, 0.2) is 5.82 Å². The lowest BCUT2D eigenvalue weighted by Crippen LogP contribution is -2.24. The molecule has 0 unspecified atom stereocenters. The summed E-state index contributed by atoms with van der Waals surface area (Å²) in [5.41, 5.74) is 2.37. The average Bonchev–Trinajstić information content (AvgIpc) is 3.42. The van der Waals surface area contributed by atoms with E-state index < -0.39 is 0 Å². The lowest BCUT2D eigenvalue weighted by molar-refractivity contribution is -0.114. The summed E-state index contributed by atoms with van der Waals surface area (Å²) in [4.78, 5) is 29.4. The third-order valence-electron chi connectivity index (χ3n) is 4.25. The van der Waals surface area contributed by atoms with Gasteiger partial charge in [-0.1, -0.05) is 36.4 Å². The molecule has 2 amide bonds. The van der Waals surface area contributed by atoms with Crippen LogP contribution < -0.4 is 10.6 Å². The Balaban J connectivity index is 1.55. The van der Waals surface area contributed by atoms with Crippen molar-refractivity contribution in [2.45, 2.75) is 13.5 Å². The maximum atomic E-state index is 12.7. The summed E-state index contributed by atoms with van der Waals surface area (Å²) in [6.45, 7) is 1.74. The smallest absolute Gasteiger partial charge is 0.291 e. The van der Waals surface area contributed by atoms with Gasteiger partial charge in [-0.3, -0.25) is 9.59 Å². The predicted octanol–water partition coefficient (Wildman–Crippen LogP) is 3.88. The molecule has 4 aromatic rings. The Bertz CT molecular complexity index is 1170. The molecule has 150 valence electrons. The number of para-hydroxylation sites is 1. The van der Waals surface area contributed by atoms with Gasteiger partial charge in [0, 0.05) is 19.2 Å². The van der Waals surface area contributed by atoms with Crippen molar-refractivity contribution < 1.29 is 9.59 Å². The van der Waals surface area contributed by atoms with Crippen LogP contribution in [0.3, 0.4) is 0 Å². The first-order valence-electron chi connectivity index (χ1n) is 9.31. The van der Waals surface area contributed by atoms with Gasteiger partial charge in [-0.05, 0) is 41.3 Å². The van der Waals surface area contributed by atoms with E-state index in [0.29, 0.717) is 18.1 Å². The fourth-order valence-corrected chi connectivity index (χ4v) is 3.64. The molecule has 0 fully saturated rings. The SMILES string of the molecule is CC(=O)Nc1cccc(CNC(=O)c2nc(-c3cccs3)n(-c3ccccc3)n2)c1. The first-order chi connectivity index (χ1) is 14.6. The van der Waals surface area contributed by atoms with Crippen LogP contribution in [0.2, 0.25) is 0 Å². The summed E-state index contributed by atoms with van der Waals surface area (Å²) in [6, 6.07) is 20.8. The Kier molecular flexibility index (Phi) is 5.67. The zero-order valence-corrected chi connectivity index (χ0v) is 17.0. The van der Waals surface area contributed by atoms with Crippen molar-refractivity contribution in [2.75, 3.05) is 5.32 Å². The van der Waals surface area contributed by atoms with E-state index in [1.165, 1.54) is 18.3 Å². The minimum Gasteiger partial charge on any atom is -0.345 e. The van der Waals surface area contributed by atoms with Crippen molar-refractivity contribution in [1.82, 2.24) is 20.1 Å². The fourth-order valence-electron chi connectivity index (χ4n) is 2.95. The summed E-state index contributed by atoms with van der Waals surface area (Å²) in [5, 5.41) is 12.0. The van der Waals surface area contributed by atoms with Gasteiger partial charge in [0.2, 0.25) is 11.7 Å². The highest BCUT2D eigenvalue weighted by molar-refractivity contribution is 7.13. The molecule has 30 heavy (non-hydrogen) atoms. The van der Waals surface area contributed by atoms with Gasteiger partial charge < -0.3 is 10.6 Å². The number of nitrogens with zero attached hydrogens (tertiary/aromatic N) is 3. The molecule has 0 saturated heterocycles. The minimum atomic E-state index is -0.368. The number of hydrogen-bond acceptors (Lipinski definition) is 5. The molecule has 0 aliphatic carbocycles. The maximum Gasteiger partial charge on any atom is 0.291 e. The Labute approximate surface area is 177 Å². The van der Waals surface area contributed by atoms with Crippen LogP contribution in [0.15, 0.2) is 72.1 Å². The second-order valence-corrected chi connectivity index (χ2v) is 7.50. The number of aromatic nitrogens is 3. The molecule has 8 heteroatoms. The van der Waals surface area contributed by atoms with Crippen LogP contribution in [0.25, 0.3) is 16.4 Å². The van der Waals surface area contributed by atoms with Crippen molar-refractivity contribution in [3.8, 4) is 16.4 Å². The third kappa shape index (κ3) is 4.44. The molecule has 0 radical (unpaired) electrons. The normalized spacial score (nSPS) is 10.6. The fraction of sp³-hybridized carbons (Fsp3) is 0.0909. The van der Waals surface area contributed by atoms with Gasteiger partial charge in [0.1, 0.15) is 0 Å². The number of amides is 2. The van der Waals surface area contributed by atoms with Gasteiger partial charge >= 0.3 is 0 Å². The van der Waals surface area contributed by atoms with E-state index in [1.807, 2.05) is 66.0 Å². The molecule has 0 aliphatic heterocycles. The Hall–Kier alpha value is -3.78. The monoisotopic (exact) mass is 417 g/mol. The predicted molar refractivity (Wildman–Crippen MR) is 117 cm³/mol. The van der Waals surface area contributed by atoms with E-state index in [4.69, 9.17) is 0 Å². The highest BCUT2D eigenvalue weighted by atomic mass is 32.1. The summed E-state index contributed by atoms with van der Waals surface area (Å²) >= 11 is 1.54. The average molecular weight is 417 g/mol. The zero-order chi connectivity index (χ0) is 20.9.